The molecule has 0 bridgehead atoms. The number of nitrogens with zero attached hydrogens (tertiary/aromatic N) is 1. The number of nitrogens with two attached hydrogens (primary N) is 1. The molecule has 2 rings (SSSR count). The highest BCUT2D eigenvalue weighted by atomic mass is 35.5. The second-order valence-electron chi connectivity index (χ2n) is 5.69. The van der Waals surface area contributed by atoms with Gasteiger partial charge in [-0.2, -0.15) is 0 Å². The number of hydrogen-bond acceptors (Lipinski definition) is 2. The van der Waals surface area contributed by atoms with Gasteiger partial charge >= 0.3 is 0 Å². The Balaban J connectivity index is 2.21. The third kappa shape index (κ3) is 3.78. The summed E-state index contributed by atoms with van der Waals surface area (Å²) in [6.07, 6.45) is 2.24. The van der Waals surface area contributed by atoms with E-state index in [1.807, 2.05) is 4.90 Å². The summed E-state index contributed by atoms with van der Waals surface area (Å²) in [5.41, 5.74) is 6.68. The molecule has 1 aromatic carbocycles. The van der Waals surface area contributed by atoms with E-state index in [-0.39, 0.29) is 11.9 Å². The summed E-state index contributed by atoms with van der Waals surface area (Å²) in [4.78, 5) is 14.6. The number of benzene rings is 1. The van der Waals surface area contributed by atoms with E-state index < -0.39 is 0 Å². The maximum absolute atomic E-state index is 12.6. The number of hydrogen-bond donors (Lipinski definition) is 1. The van der Waals surface area contributed by atoms with Crippen molar-refractivity contribution in [1.82, 2.24) is 4.90 Å². The van der Waals surface area contributed by atoms with E-state index >= 15 is 0 Å². The highest BCUT2D eigenvalue weighted by Gasteiger charge is 2.27. The zero-order chi connectivity index (χ0) is 15.4. The molecule has 2 N–H and O–H groups in total. The van der Waals surface area contributed by atoms with Crippen LogP contribution in [0.2, 0.25) is 5.02 Å². The molecule has 2 atom stereocenters. The van der Waals surface area contributed by atoms with Crippen molar-refractivity contribution < 1.29 is 4.79 Å². The Morgan fingerprint density at radius 1 is 1.43 bits per heavy atom. The monoisotopic (exact) mass is 304 g/mol. The normalized spacial score (nSPS) is 21.6. The zero-order valence-electron chi connectivity index (χ0n) is 12.5. The minimum Gasteiger partial charge on any atom is -0.336 e. The third-order valence-electron chi connectivity index (χ3n) is 3.92. The second kappa shape index (κ2) is 6.98. The average molecular weight is 305 g/mol. The Bertz CT molecular complexity index is 588. The van der Waals surface area contributed by atoms with Crippen LogP contribution >= 0.6 is 11.6 Å². The molecule has 1 saturated heterocycles. The molecule has 4 heteroatoms. The molecule has 21 heavy (non-hydrogen) atoms. The van der Waals surface area contributed by atoms with Crippen LogP contribution in [0.4, 0.5) is 0 Å². The first kappa shape index (κ1) is 15.9. The van der Waals surface area contributed by atoms with Gasteiger partial charge in [-0.25, -0.2) is 0 Å². The molecular formula is C17H21ClN2O. The van der Waals surface area contributed by atoms with Crippen molar-refractivity contribution in [2.45, 2.75) is 32.7 Å². The minimum atomic E-state index is 0.0503. The van der Waals surface area contributed by atoms with Gasteiger partial charge in [0.1, 0.15) is 0 Å². The Hall–Kier alpha value is -1.50. The lowest BCUT2D eigenvalue weighted by molar-refractivity contribution is 0.0574. The largest absolute Gasteiger partial charge is 0.336 e. The molecule has 112 valence electrons. The number of likely N-dealkylation sites (tertiary alicyclic amines) is 1. The van der Waals surface area contributed by atoms with E-state index in [4.69, 9.17) is 17.3 Å². The third-order valence-corrected chi connectivity index (χ3v) is 4.23. The molecule has 1 aliphatic rings. The molecular weight excluding hydrogens is 284 g/mol. The molecule has 0 aromatic heterocycles. The number of amides is 1. The van der Waals surface area contributed by atoms with Crippen molar-refractivity contribution in [2.75, 3.05) is 13.1 Å². The lowest BCUT2D eigenvalue weighted by Gasteiger charge is -2.37. The van der Waals surface area contributed by atoms with Crippen molar-refractivity contribution in [3.63, 3.8) is 0 Å². The van der Waals surface area contributed by atoms with E-state index in [2.05, 4.69) is 25.7 Å². The van der Waals surface area contributed by atoms with Crippen LogP contribution in [0.1, 0.15) is 42.6 Å². The fourth-order valence-corrected chi connectivity index (χ4v) is 2.86. The summed E-state index contributed by atoms with van der Waals surface area (Å²) >= 11 is 6.20. The predicted octanol–water partition coefficient (Wildman–Crippen LogP) is 2.91. The number of halogens is 1. The molecule has 0 saturated carbocycles. The Labute approximate surface area is 131 Å². The van der Waals surface area contributed by atoms with E-state index in [1.54, 1.807) is 18.2 Å². The molecule has 1 amide bonds. The van der Waals surface area contributed by atoms with Gasteiger partial charge in [0.25, 0.3) is 5.91 Å². The van der Waals surface area contributed by atoms with E-state index in [1.165, 1.54) is 6.42 Å². The maximum atomic E-state index is 12.6. The standard InChI is InChI=1S/C17H21ClN2O/c1-12-5-6-13(2)20(11-12)17(21)15-8-7-14(4-3-9-19)16(18)10-15/h7-8,10,12-13H,5-6,9,11,19H2,1-2H3. The highest BCUT2D eigenvalue weighted by Crippen LogP contribution is 2.25. The first-order valence-electron chi connectivity index (χ1n) is 7.32. The van der Waals surface area contributed by atoms with Gasteiger partial charge in [0, 0.05) is 23.7 Å². The van der Waals surface area contributed by atoms with Gasteiger partial charge in [-0.05, 0) is 43.9 Å². The van der Waals surface area contributed by atoms with Crippen molar-refractivity contribution in [1.29, 1.82) is 0 Å². The summed E-state index contributed by atoms with van der Waals surface area (Å²) < 4.78 is 0. The summed E-state index contributed by atoms with van der Waals surface area (Å²) in [7, 11) is 0. The van der Waals surface area contributed by atoms with Gasteiger partial charge in [0.2, 0.25) is 0 Å². The topological polar surface area (TPSA) is 46.3 Å². The van der Waals surface area contributed by atoms with Gasteiger partial charge < -0.3 is 10.6 Å². The maximum Gasteiger partial charge on any atom is 0.254 e. The Morgan fingerprint density at radius 2 is 2.19 bits per heavy atom. The number of piperidine rings is 1. The van der Waals surface area contributed by atoms with Crippen LogP contribution < -0.4 is 5.73 Å². The Kier molecular flexibility index (Phi) is 5.27. The quantitative estimate of drug-likeness (QED) is 0.811. The van der Waals surface area contributed by atoms with Crippen molar-refractivity contribution in [3.8, 4) is 11.8 Å². The van der Waals surface area contributed by atoms with E-state index in [0.717, 1.165) is 13.0 Å². The SMILES string of the molecule is CC1CCC(C)N(C(=O)c2ccc(C#CCN)c(Cl)c2)C1. The molecule has 1 heterocycles. The fraction of sp³-hybridized carbons (Fsp3) is 0.471. The van der Waals surface area contributed by atoms with Crippen LogP contribution in [0.3, 0.4) is 0 Å². The highest BCUT2D eigenvalue weighted by molar-refractivity contribution is 6.32. The average Bonchev–Trinajstić information content (AvgIpc) is 2.47. The van der Waals surface area contributed by atoms with Gasteiger partial charge in [0.05, 0.1) is 11.6 Å². The summed E-state index contributed by atoms with van der Waals surface area (Å²) in [5, 5.41) is 0.500. The van der Waals surface area contributed by atoms with Gasteiger partial charge in [-0.15, -0.1) is 0 Å². The van der Waals surface area contributed by atoms with Gasteiger partial charge in [-0.1, -0.05) is 30.4 Å². The van der Waals surface area contributed by atoms with Crippen LogP contribution in [0.25, 0.3) is 0 Å². The molecule has 2 unspecified atom stereocenters. The van der Waals surface area contributed by atoms with Crippen molar-refractivity contribution in [3.05, 3.63) is 34.3 Å². The summed E-state index contributed by atoms with van der Waals surface area (Å²) in [5.74, 6) is 6.27. The molecule has 1 fully saturated rings. The van der Waals surface area contributed by atoms with Gasteiger partial charge in [-0.3, -0.25) is 4.79 Å². The van der Waals surface area contributed by atoms with Crippen LogP contribution in [0.5, 0.6) is 0 Å². The predicted molar refractivity (Wildman–Crippen MR) is 86.3 cm³/mol. The molecule has 1 aliphatic heterocycles. The second-order valence-corrected chi connectivity index (χ2v) is 6.10. The number of carbonyl (C=O) groups is 1. The smallest absolute Gasteiger partial charge is 0.254 e. The van der Waals surface area contributed by atoms with E-state index in [0.29, 0.717) is 28.6 Å². The molecule has 0 radical (unpaired) electrons. The van der Waals surface area contributed by atoms with Crippen molar-refractivity contribution >= 4 is 17.5 Å². The van der Waals surface area contributed by atoms with Gasteiger partial charge in [0.15, 0.2) is 0 Å². The lowest BCUT2D eigenvalue weighted by atomic mass is 9.94. The van der Waals surface area contributed by atoms with Crippen LogP contribution in [0, 0.1) is 17.8 Å². The first-order chi connectivity index (χ1) is 10.0. The number of carbonyl (C=O) groups excluding carboxylic acids is 1. The Morgan fingerprint density at radius 3 is 2.86 bits per heavy atom. The first-order valence-corrected chi connectivity index (χ1v) is 7.70. The molecule has 0 aliphatic carbocycles. The summed E-state index contributed by atoms with van der Waals surface area (Å²) in [6, 6.07) is 5.57. The van der Waals surface area contributed by atoms with Crippen LogP contribution in [-0.2, 0) is 0 Å². The molecule has 0 spiro atoms. The van der Waals surface area contributed by atoms with Crippen LogP contribution in [0.15, 0.2) is 18.2 Å². The summed E-state index contributed by atoms with van der Waals surface area (Å²) in [6.45, 7) is 5.39. The number of rotatable bonds is 1. The molecule has 3 nitrogen and oxygen atoms in total. The minimum absolute atomic E-state index is 0.0503. The zero-order valence-corrected chi connectivity index (χ0v) is 13.3. The lowest BCUT2D eigenvalue weighted by Crippen LogP contribution is -2.44. The van der Waals surface area contributed by atoms with Crippen molar-refractivity contribution in [2.24, 2.45) is 11.7 Å². The fourth-order valence-electron chi connectivity index (χ4n) is 2.63. The van der Waals surface area contributed by atoms with Crippen LogP contribution in [-0.4, -0.2) is 29.9 Å². The van der Waals surface area contributed by atoms with E-state index in [9.17, 15) is 4.79 Å². The molecule has 1 aromatic rings.